The van der Waals surface area contributed by atoms with Crippen molar-refractivity contribution in [2.75, 3.05) is 19.0 Å². The van der Waals surface area contributed by atoms with E-state index in [1.54, 1.807) is 11.1 Å². The van der Waals surface area contributed by atoms with E-state index in [2.05, 4.69) is 23.8 Å². The molecular weight excluding hydrogens is 190 g/mol. The molecule has 4 nitrogen and oxygen atoms in total. The molecule has 1 aromatic rings. The predicted octanol–water partition coefficient (Wildman–Crippen LogP) is 1.42. The van der Waals surface area contributed by atoms with Crippen molar-refractivity contribution in [1.29, 1.82) is 0 Å². The smallest absolute Gasteiger partial charge is 0.255 e. The van der Waals surface area contributed by atoms with Gasteiger partial charge in [-0.25, -0.2) is 4.98 Å². The fourth-order valence-corrected chi connectivity index (χ4v) is 1.30. The molecule has 0 amide bonds. The number of hydrogen-bond donors (Lipinski definition) is 1. The second-order valence-electron chi connectivity index (χ2n) is 4.17. The van der Waals surface area contributed by atoms with Crippen molar-refractivity contribution in [3.8, 4) is 0 Å². The third-order valence-electron chi connectivity index (χ3n) is 2.55. The van der Waals surface area contributed by atoms with E-state index in [-0.39, 0.29) is 5.56 Å². The minimum atomic E-state index is -0.0194. The fraction of sp³-hybridized carbons (Fsp3) is 0.636. The number of nitrogens with one attached hydrogen (secondary N) is 1. The largest absolute Gasteiger partial charge is 0.348 e. The predicted molar refractivity (Wildman–Crippen MR) is 62.3 cm³/mol. The molecule has 1 heterocycles. The molecule has 15 heavy (non-hydrogen) atoms. The summed E-state index contributed by atoms with van der Waals surface area (Å²) in [5.41, 5.74) is 0.754. The zero-order valence-electron chi connectivity index (χ0n) is 9.87. The van der Waals surface area contributed by atoms with Crippen LogP contribution in [0.25, 0.3) is 0 Å². The van der Waals surface area contributed by atoms with Gasteiger partial charge < -0.3 is 4.90 Å². The Morgan fingerprint density at radius 3 is 2.67 bits per heavy atom. The minimum absolute atomic E-state index is 0.0194. The molecule has 84 valence electrons. The van der Waals surface area contributed by atoms with E-state index in [1.807, 2.05) is 14.1 Å². The van der Waals surface area contributed by atoms with E-state index in [1.165, 1.54) is 0 Å². The third kappa shape index (κ3) is 3.08. The lowest BCUT2D eigenvalue weighted by Crippen LogP contribution is -2.21. The van der Waals surface area contributed by atoms with Crippen molar-refractivity contribution >= 4 is 5.95 Å². The van der Waals surface area contributed by atoms with Gasteiger partial charge in [-0.1, -0.05) is 20.3 Å². The molecule has 0 saturated carbocycles. The third-order valence-corrected chi connectivity index (χ3v) is 2.55. The molecule has 0 saturated heterocycles. The van der Waals surface area contributed by atoms with Gasteiger partial charge >= 0.3 is 0 Å². The van der Waals surface area contributed by atoms with Crippen LogP contribution in [0.3, 0.4) is 0 Å². The van der Waals surface area contributed by atoms with Crippen molar-refractivity contribution in [2.45, 2.75) is 26.7 Å². The summed E-state index contributed by atoms with van der Waals surface area (Å²) in [6.07, 6.45) is 3.56. The summed E-state index contributed by atoms with van der Waals surface area (Å²) in [6, 6.07) is 0. The number of anilines is 1. The molecule has 0 spiro atoms. The van der Waals surface area contributed by atoms with Crippen LogP contribution >= 0.6 is 0 Å². The lowest BCUT2D eigenvalue weighted by atomic mass is 10.0. The monoisotopic (exact) mass is 209 g/mol. The van der Waals surface area contributed by atoms with Crippen LogP contribution in [0.5, 0.6) is 0 Å². The highest BCUT2D eigenvalue weighted by Crippen LogP contribution is 2.08. The van der Waals surface area contributed by atoms with Gasteiger partial charge in [-0.2, -0.15) is 0 Å². The number of hydrogen-bond acceptors (Lipinski definition) is 3. The van der Waals surface area contributed by atoms with Gasteiger partial charge in [0, 0.05) is 25.9 Å². The lowest BCUT2D eigenvalue weighted by Gasteiger charge is -2.11. The summed E-state index contributed by atoms with van der Waals surface area (Å²) in [5, 5.41) is 0. The molecule has 1 unspecified atom stereocenters. The molecule has 0 fully saturated rings. The zero-order chi connectivity index (χ0) is 11.4. The normalized spacial score (nSPS) is 12.5. The maximum Gasteiger partial charge on any atom is 0.255 e. The molecule has 0 bridgehead atoms. The average molecular weight is 209 g/mol. The number of aromatic amines is 1. The van der Waals surface area contributed by atoms with Crippen molar-refractivity contribution in [3.63, 3.8) is 0 Å². The van der Waals surface area contributed by atoms with Gasteiger partial charge in [-0.05, 0) is 12.3 Å². The van der Waals surface area contributed by atoms with E-state index in [9.17, 15) is 4.79 Å². The second-order valence-corrected chi connectivity index (χ2v) is 4.17. The van der Waals surface area contributed by atoms with Crippen molar-refractivity contribution in [3.05, 3.63) is 22.1 Å². The van der Waals surface area contributed by atoms with Gasteiger partial charge in [-0.15, -0.1) is 0 Å². The van der Waals surface area contributed by atoms with Crippen molar-refractivity contribution in [2.24, 2.45) is 5.92 Å². The second kappa shape index (κ2) is 4.96. The van der Waals surface area contributed by atoms with Crippen LogP contribution in [-0.4, -0.2) is 24.1 Å². The molecule has 1 atom stereocenters. The first kappa shape index (κ1) is 11.8. The van der Waals surface area contributed by atoms with E-state index in [4.69, 9.17) is 0 Å². The molecule has 1 aromatic heterocycles. The average Bonchev–Trinajstić information content (AvgIpc) is 2.20. The number of aromatic nitrogens is 2. The topological polar surface area (TPSA) is 49.0 Å². The number of nitrogens with zero attached hydrogens (tertiary/aromatic N) is 2. The number of H-pyrrole nitrogens is 1. The SMILES string of the molecule is CCC(C)Cc1cnc(N(C)C)[nH]c1=O. The number of rotatable bonds is 4. The molecule has 0 aliphatic heterocycles. The van der Waals surface area contributed by atoms with Crippen molar-refractivity contribution < 1.29 is 0 Å². The van der Waals surface area contributed by atoms with Gasteiger partial charge in [0.25, 0.3) is 5.56 Å². The van der Waals surface area contributed by atoms with Crippen LogP contribution in [-0.2, 0) is 6.42 Å². The van der Waals surface area contributed by atoms with E-state index in [0.29, 0.717) is 11.9 Å². The quantitative estimate of drug-likeness (QED) is 0.816. The van der Waals surface area contributed by atoms with E-state index in [0.717, 1.165) is 18.4 Å². The summed E-state index contributed by atoms with van der Waals surface area (Å²) in [4.78, 5) is 20.4. The highest BCUT2D eigenvalue weighted by Gasteiger charge is 2.07. The van der Waals surface area contributed by atoms with Crippen LogP contribution < -0.4 is 10.5 Å². The maximum atomic E-state index is 11.7. The van der Waals surface area contributed by atoms with E-state index < -0.39 is 0 Å². The standard InChI is InChI=1S/C11H19N3O/c1-5-8(2)6-9-7-12-11(14(3)4)13-10(9)15/h7-8H,5-6H2,1-4H3,(H,12,13,15). The first-order chi connectivity index (χ1) is 7.04. The van der Waals surface area contributed by atoms with Crippen LogP contribution in [0, 0.1) is 5.92 Å². The van der Waals surface area contributed by atoms with Gasteiger partial charge in [0.2, 0.25) is 5.95 Å². The van der Waals surface area contributed by atoms with Crippen LogP contribution in [0.1, 0.15) is 25.8 Å². The Hall–Kier alpha value is -1.32. The molecule has 0 aliphatic rings. The lowest BCUT2D eigenvalue weighted by molar-refractivity contribution is 0.556. The van der Waals surface area contributed by atoms with Gasteiger partial charge in [0.1, 0.15) is 0 Å². The Morgan fingerprint density at radius 1 is 1.53 bits per heavy atom. The molecular formula is C11H19N3O. The Morgan fingerprint density at radius 2 is 2.20 bits per heavy atom. The van der Waals surface area contributed by atoms with Gasteiger partial charge in [-0.3, -0.25) is 9.78 Å². The first-order valence-electron chi connectivity index (χ1n) is 5.30. The summed E-state index contributed by atoms with van der Waals surface area (Å²) in [7, 11) is 3.71. The highest BCUT2D eigenvalue weighted by molar-refractivity contribution is 5.26. The summed E-state index contributed by atoms with van der Waals surface area (Å²) in [6.45, 7) is 4.26. The summed E-state index contributed by atoms with van der Waals surface area (Å²) >= 11 is 0. The Kier molecular flexibility index (Phi) is 3.88. The molecule has 0 aliphatic carbocycles. The summed E-state index contributed by atoms with van der Waals surface area (Å²) < 4.78 is 0. The van der Waals surface area contributed by atoms with Gasteiger partial charge in [0.05, 0.1) is 0 Å². The molecule has 1 rings (SSSR count). The van der Waals surface area contributed by atoms with E-state index >= 15 is 0 Å². The Balaban J connectivity index is 2.89. The molecule has 0 radical (unpaired) electrons. The fourth-order valence-electron chi connectivity index (χ4n) is 1.30. The van der Waals surface area contributed by atoms with Crippen LogP contribution in [0.15, 0.2) is 11.0 Å². The molecule has 4 heteroatoms. The van der Waals surface area contributed by atoms with Gasteiger partial charge in [0.15, 0.2) is 0 Å². The Bertz CT molecular complexity index is 370. The Labute approximate surface area is 90.3 Å². The first-order valence-corrected chi connectivity index (χ1v) is 5.30. The molecule has 0 aromatic carbocycles. The van der Waals surface area contributed by atoms with Crippen LogP contribution in [0.2, 0.25) is 0 Å². The zero-order valence-corrected chi connectivity index (χ0v) is 9.87. The maximum absolute atomic E-state index is 11.7. The minimum Gasteiger partial charge on any atom is -0.348 e. The van der Waals surface area contributed by atoms with Crippen molar-refractivity contribution in [1.82, 2.24) is 9.97 Å². The highest BCUT2D eigenvalue weighted by atomic mass is 16.1. The van der Waals surface area contributed by atoms with Crippen LogP contribution in [0.4, 0.5) is 5.95 Å². The molecule has 1 N–H and O–H groups in total. The summed E-state index contributed by atoms with van der Waals surface area (Å²) in [5.74, 6) is 1.13.